The van der Waals surface area contributed by atoms with Crippen molar-refractivity contribution in [3.05, 3.63) is 30.2 Å². The minimum absolute atomic E-state index is 0.368. The summed E-state index contributed by atoms with van der Waals surface area (Å²) < 4.78 is 12.3. The monoisotopic (exact) mass is 289 g/mol. The van der Waals surface area contributed by atoms with Crippen LogP contribution in [0.15, 0.2) is 24.5 Å². The Bertz CT molecular complexity index is 645. The number of hydrogen-bond donors (Lipinski definition) is 1. The van der Waals surface area contributed by atoms with Crippen LogP contribution in [0.25, 0.3) is 5.65 Å². The number of methoxy groups -OCH3 is 1. The van der Waals surface area contributed by atoms with E-state index in [2.05, 4.69) is 4.98 Å². The molecule has 0 spiro atoms. The molecule has 0 saturated heterocycles. The maximum atomic E-state index is 10.9. The first-order valence-electron chi connectivity index (χ1n) is 7.15. The van der Waals surface area contributed by atoms with Crippen LogP contribution in [-0.4, -0.2) is 28.7 Å². The van der Waals surface area contributed by atoms with Crippen molar-refractivity contribution in [2.24, 2.45) is 5.73 Å². The molecule has 112 valence electrons. The van der Waals surface area contributed by atoms with E-state index in [1.165, 1.54) is 0 Å². The number of hydrogen-bond acceptors (Lipinski definition) is 4. The lowest BCUT2D eigenvalue weighted by atomic mass is 9.85. The van der Waals surface area contributed by atoms with Gasteiger partial charge in [0.05, 0.1) is 11.8 Å². The quantitative estimate of drug-likeness (QED) is 0.941. The third-order valence-corrected chi connectivity index (χ3v) is 4.10. The lowest BCUT2D eigenvalue weighted by Gasteiger charge is -2.26. The smallest absolute Gasteiger partial charge is 0.406 e. The van der Waals surface area contributed by atoms with Crippen molar-refractivity contribution >= 4 is 11.7 Å². The molecule has 0 aromatic carbocycles. The van der Waals surface area contributed by atoms with Gasteiger partial charge in [0.1, 0.15) is 0 Å². The van der Waals surface area contributed by atoms with Crippen LogP contribution >= 0.6 is 0 Å². The normalized spacial score (nSPS) is 22.3. The molecule has 6 nitrogen and oxygen atoms in total. The first kappa shape index (κ1) is 13.9. The molecular formula is C15H19N3O3. The predicted octanol–water partition coefficient (Wildman–Crippen LogP) is 2.46. The topological polar surface area (TPSA) is 78.9 Å². The summed E-state index contributed by atoms with van der Waals surface area (Å²) in [7, 11) is 1.77. The lowest BCUT2D eigenvalue weighted by Crippen LogP contribution is -2.19. The molecule has 0 bridgehead atoms. The second-order valence-corrected chi connectivity index (χ2v) is 5.40. The van der Waals surface area contributed by atoms with E-state index in [0.717, 1.165) is 31.4 Å². The maximum absolute atomic E-state index is 10.9. The van der Waals surface area contributed by atoms with Crippen LogP contribution in [0.4, 0.5) is 4.79 Å². The minimum Gasteiger partial charge on any atom is -0.406 e. The molecule has 2 aromatic rings. The number of amides is 1. The van der Waals surface area contributed by atoms with Crippen LogP contribution in [0.1, 0.15) is 37.3 Å². The number of rotatable bonds is 3. The Balaban J connectivity index is 1.86. The Morgan fingerprint density at radius 1 is 1.38 bits per heavy atom. The molecule has 1 saturated carbocycles. The van der Waals surface area contributed by atoms with Crippen LogP contribution in [0.3, 0.4) is 0 Å². The molecule has 1 aliphatic carbocycles. The van der Waals surface area contributed by atoms with Gasteiger partial charge in [0.25, 0.3) is 0 Å². The summed E-state index contributed by atoms with van der Waals surface area (Å²) in [6.45, 7) is 0. The van der Waals surface area contributed by atoms with Gasteiger partial charge in [-0.2, -0.15) is 0 Å². The van der Waals surface area contributed by atoms with Gasteiger partial charge >= 0.3 is 6.09 Å². The van der Waals surface area contributed by atoms with Crippen LogP contribution in [-0.2, 0) is 4.74 Å². The van der Waals surface area contributed by atoms with Crippen molar-refractivity contribution in [2.75, 3.05) is 7.11 Å². The number of fused-ring (bicyclic) bond motifs is 1. The summed E-state index contributed by atoms with van der Waals surface area (Å²) in [5, 5.41) is 0. The molecule has 2 N–H and O–H groups in total. The number of ether oxygens (including phenoxy) is 2. The summed E-state index contributed by atoms with van der Waals surface area (Å²) in [5.41, 5.74) is 6.74. The van der Waals surface area contributed by atoms with Crippen LogP contribution in [0, 0.1) is 0 Å². The molecule has 6 heteroatoms. The molecule has 1 amide bonds. The van der Waals surface area contributed by atoms with E-state index in [0.29, 0.717) is 23.4 Å². The Labute approximate surface area is 122 Å². The average molecular weight is 289 g/mol. The maximum Gasteiger partial charge on any atom is 0.410 e. The van der Waals surface area contributed by atoms with Crippen molar-refractivity contribution in [2.45, 2.75) is 37.7 Å². The molecular weight excluding hydrogens is 270 g/mol. The number of primary amides is 1. The lowest BCUT2D eigenvalue weighted by molar-refractivity contribution is 0.0655. The largest absolute Gasteiger partial charge is 0.410 e. The Hall–Kier alpha value is -2.08. The number of carbonyl (C=O) groups is 1. The molecule has 0 unspecified atom stereocenters. The van der Waals surface area contributed by atoms with E-state index in [1.807, 2.05) is 16.8 Å². The molecule has 0 aliphatic heterocycles. The van der Waals surface area contributed by atoms with E-state index in [9.17, 15) is 4.79 Å². The molecule has 3 rings (SSSR count). The zero-order valence-electron chi connectivity index (χ0n) is 12.0. The highest BCUT2D eigenvalue weighted by Gasteiger charge is 2.24. The highest BCUT2D eigenvalue weighted by molar-refractivity contribution is 5.71. The zero-order valence-corrected chi connectivity index (χ0v) is 12.0. The summed E-state index contributed by atoms with van der Waals surface area (Å²) in [5.74, 6) is 0.819. The second kappa shape index (κ2) is 5.73. The molecule has 2 aromatic heterocycles. The van der Waals surface area contributed by atoms with Gasteiger partial charge in [0.15, 0.2) is 11.4 Å². The van der Waals surface area contributed by atoms with Gasteiger partial charge in [0.2, 0.25) is 0 Å². The Morgan fingerprint density at radius 2 is 2.14 bits per heavy atom. The van der Waals surface area contributed by atoms with Crippen molar-refractivity contribution < 1.29 is 14.3 Å². The summed E-state index contributed by atoms with van der Waals surface area (Å²) >= 11 is 0. The number of nitrogens with two attached hydrogens (primary N) is 1. The molecule has 1 fully saturated rings. The molecule has 2 heterocycles. The van der Waals surface area contributed by atoms with Crippen LogP contribution in [0.2, 0.25) is 0 Å². The third kappa shape index (κ3) is 2.85. The first-order chi connectivity index (χ1) is 10.2. The van der Waals surface area contributed by atoms with Gasteiger partial charge in [-0.3, -0.25) is 0 Å². The van der Waals surface area contributed by atoms with Crippen LogP contribution < -0.4 is 10.5 Å². The number of aromatic nitrogens is 2. The first-order valence-corrected chi connectivity index (χ1v) is 7.15. The van der Waals surface area contributed by atoms with E-state index in [-0.39, 0.29) is 0 Å². The fourth-order valence-corrected chi connectivity index (χ4v) is 2.99. The van der Waals surface area contributed by atoms with E-state index >= 15 is 0 Å². The van der Waals surface area contributed by atoms with Gasteiger partial charge in [-0.25, -0.2) is 9.78 Å². The Morgan fingerprint density at radius 3 is 2.81 bits per heavy atom. The van der Waals surface area contributed by atoms with Gasteiger partial charge in [0, 0.05) is 25.4 Å². The highest BCUT2D eigenvalue weighted by atomic mass is 16.5. The number of carbonyl (C=O) groups excluding carboxylic acids is 1. The molecule has 1 aliphatic rings. The van der Waals surface area contributed by atoms with E-state index < -0.39 is 6.09 Å². The minimum atomic E-state index is -0.826. The van der Waals surface area contributed by atoms with Gasteiger partial charge in [-0.15, -0.1) is 0 Å². The fourth-order valence-electron chi connectivity index (χ4n) is 2.99. The van der Waals surface area contributed by atoms with Crippen molar-refractivity contribution in [3.8, 4) is 5.75 Å². The number of imidazole rings is 1. The molecule has 0 atom stereocenters. The third-order valence-electron chi connectivity index (χ3n) is 4.10. The van der Waals surface area contributed by atoms with Crippen molar-refractivity contribution in [3.63, 3.8) is 0 Å². The van der Waals surface area contributed by atoms with E-state index in [4.69, 9.17) is 15.2 Å². The van der Waals surface area contributed by atoms with Gasteiger partial charge < -0.3 is 19.6 Å². The molecule has 21 heavy (non-hydrogen) atoms. The van der Waals surface area contributed by atoms with Crippen molar-refractivity contribution in [1.29, 1.82) is 0 Å². The van der Waals surface area contributed by atoms with Crippen LogP contribution in [0.5, 0.6) is 5.75 Å². The summed E-state index contributed by atoms with van der Waals surface area (Å²) in [6, 6.07) is 3.50. The zero-order chi connectivity index (χ0) is 14.8. The SMILES string of the molecule is COC1CCC(c2cn3cccc(OC(N)=O)c3n2)CC1. The average Bonchev–Trinajstić information content (AvgIpc) is 2.92. The number of nitrogens with zero attached hydrogens (tertiary/aromatic N) is 2. The van der Waals surface area contributed by atoms with Gasteiger partial charge in [-0.1, -0.05) is 0 Å². The van der Waals surface area contributed by atoms with Gasteiger partial charge in [-0.05, 0) is 37.8 Å². The standard InChI is InChI=1S/C15H19N3O3/c1-20-11-6-4-10(5-7-11)12-9-18-8-2-3-13(14(18)17-12)21-15(16)19/h2-3,8-11H,4-7H2,1H3,(H2,16,19). The predicted molar refractivity (Wildman–Crippen MR) is 77.4 cm³/mol. The van der Waals surface area contributed by atoms with E-state index in [1.54, 1.807) is 19.2 Å². The highest BCUT2D eigenvalue weighted by Crippen LogP contribution is 2.34. The molecule has 0 radical (unpaired) electrons. The fraction of sp³-hybridized carbons (Fsp3) is 0.467. The summed E-state index contributed by atoms with van der Waals surface area (Å²) in [6.07, 6.45) is 7.67. The second-order valence-electron chi connectivity index (χ2n) is 5.40. The van der Waals surface area contributed by atoms with Crippen molar-refractivity contribution in [1.82, 2.24) is 9.38 Å². The summed E-state index contributed by atoms with van der Waals surface area (Å²) in [4.78, 5) is 15.6. The number of pyridine rings is 1. The Kier molecular flexibility index (Phi) is 3.79.